The second-order valence-corrected chi connectivity index (χ2v) is 2.42. The first-order valence-electron chi connectivity index (χ1n) is 3.27. The van der Waals surface area contributed by atoms with Crippen molar-refractivity contribution in [1.29, 1.82) is 0 Å². The summed E-state index contributed by atoms with van der Waals surface area (Å²) in [6.45, 7) is 3.37. The fourth-order valence-corrected chi connectivity index (χ4v) is 0.586. The molecule has 0 radical (unpaired) electrons. The topological polar surface area (TPSA) is 46.5 Å². The zero-order valence-corrected chi connectivity index (χ0v) is 6.63. The van der Waals surface area contributed by atoms with Gasteiger partial charge in [0.05, 0.1) is 12.7 Å². The number of methoxy groups -OCH3 is 1. The molecule has 0 aliphatic rings. The number of aliphatic hydroxyl groups excluding tert-OH is 1. The Morgan fingerprint density at radius 1 is 1.70 bits per heavy atom. The lowest BCUT2D eigenvalue weighted by atomic mass is 10.0. The molecule has 0 amide bonds. The van der Waals surface area contributed by atoms with Gasteiger partial charge in [-0.2, -0.15) is 0 Å². The van der Waals surface area contributed by atoms with Gasteiger partial charge in [0.2, 0.25) is 0 Å². The molecule has 0 aromatic heterocycles. The van der Waals surface area contributed by atoms with Gasteiger partial charge in [-0.05, 0) is 6.92 Å². The maximum absolute atomic E-state index is 10.6. The fourth-order valence-electron chi connectivity index (χ4n) is 0.586. The number of ketones is 1. The molecule has 0 aliphatic heterocycles. The molecule has 0 spiro atoms. The van der Waals surface area contributed by atoms with E-state index in [0.29, 0.717) is 0 Å². The molecule has 10 heavy (non-hydrogen) atoms. The molecule has 0 rings (SSSR count). The van der Waals surface area contributed by atoms with Crippen LogP contribution in [-0.4, -0.2) is 30.7 Å². The first kappa shape index (κ1) is 9.59. The van der Waals surface area contributed by atoms with Crippen LogP contribution in [0.2, 0.25) is 0 Å². The van der Waals surface area contributed by atoms with Gasteiger partial charge in [-0.1, -0.05) is 6.92 Å². The van der Waals surface area contributed by atoms with Crippen LogP contribution < -0.4 is 0 Å². The third-order valence-corrected chi connectivity index (χ3v) is 1.56. The largest absolute Gasteiger partial charge is 0.390 e. The number of aliphatic hydroxyl groups is 1. The first-order chi connectivity index (χ1) is 4.59. The van der Waals surface area contributed by atoms with Crippen LogP contribution in [0, 0.1) is 5.92 Å². The second kappa shape index (κ2) is 4.41. The lowest BCUT2D eigenvalue weighted by molar-refractivity contribution is -0.124. The zero-order valence-electron chi connectivity index (χ0n) is 6.63. The van der Waals surface area contributed by atoms with Crippen molar-refractivity contribution in [2.75, 3.05) is 13.7 Å². The van der Waals surface area contributed by atoms with Crippen molar-refractivity contribution in [2.45, 2.75) is 20.0 Å². The normalized spacial score (nSPS) is 16.4. The molecule has 60 valence electrons. The average molecular weight is 146 g/mol. The van der Waals surface area contributed by atoms with Crippen molar-refractivity contribution in [3.8, 4) is 0 Å². The summed E-state index contributed by atoms with van der Waals surface area (Å²) >= 11 is 0. The summed E-state index contributed by atoms with van der Waals surface area (Å²) in [5.74, 6) is -0.329. The van der Waals surface area contributed by atoms with Gasteiger partial charge >= 0.3 is 0 Å². The van der Waals surface area contributed by atoms with E-state index in [9.17, 15) is 4.79 Å². The summed E-state index contributed by atoms with van der Waals surface area (Å²) in [6.07, 6.45) is -0.664. The number of rotatable bonds is 4. The van der Waals surface area contributed by atoms with E-state index in [-0.39, 0.29) is 18.3 Å². The van der Waals surface area contributed by atoms with Gasteiger partial charge in [0.25, 0.3) is 0 Å². The van der Waals surface area contributed by atoms with Crippen LogP contribution in [0.4, 0.5) is 0 Å². The Balaban J connectivity index is 3.69. The smallest absolute Gasteiger partial charge is 0.135 e. The highest BCUT2D eigenvalue weighted by molar-refractivity contribution is 5.78. The molecular formula is C7H14O3. The summed E-state index contributed by atoms with van der Waals surface area (Å²) in [6, 6.07) is 0. The highest BCUT2D eigenvalue weighted by atomic mass is 16.5. The molecule has 0 heterocycles. The molecule has 3 heteroatoms. The van der Waals surface area contributed by atoms with Gasteiger partial charge in [0.1, 0.15) is 5.78 Å². The number of carbonyl (C=O) groups excluding carboxylic acids is 1. The maximum atomic E-state index is 10.6. The third-order valence-electron chi connectivity index (χ3n) is 1.56. The van der Waals surface area contributed by atoms with Gasteiger partial charge in [-0.25, -0.2) is 0 Å². The molecule has 2 unspecified atom stereocenters. The molecule has 0 fully saturated rings. The van der Waals surface area contributed by atoms with E-state index in [1.807, 2.05) is 0 Å². The van der Waals surface area contributed by atoms with E-state index in [1.165, 1.54) is 14.0 Å². The van der Waals surface area contributed by atoms with Crippen LogP contribution in [0.25, 0.3) is 0 Å². The summed E-state index contributed by atoms with van der Waals surface area (Å²) in [7, 11) is 1.50. The molecule has 1 N–H and O–H groups in total. The highest BCUT2D eigenvalue weighted by Crippen LogP contribution is 2.03. The average Bonchev–Trinajstić information content (AvgIpc) is 1.87. The Labute approximate surface area is 61.0 Å². The Hall–Kier alpha value is -0.410. The minimum atomic E-state index is -0.664. The van der Waals surface area contributed by atoms with Crippen LogP contribution >= 0.6 is 0 Å². The number of Topliss-reactive ketones (excluding diaryl/α,β-unsaturated/α-hetero) is 1. The van der Waals surface area contributed by atoms with E-state index in [2.05, 4.69) is 4.74 Å². The molecular weight excluding hydrogens is 132 g/mol. The minimum absolute atomic E-state index is 0.00968. The van der Waals surface area contributed by atoms with E-state index in [1.54, 1.807) is 6.92 Å². The van der Waals surface area contributed by atoms with E-state index < -0.39 is 6.10 Å². The summed E-state index contributed by atoms with van der Waals surface area (Å²) in [5.41, 5.74) is 0. The predicted molar refractivity (Wildman–Crippen MR) is 37.7 cm³/mol. The molecule has 2 atom stereocenters. The Kier molecular flexibility index (Phi) is 4.23. The summed E-state index contributed by atoms with van der Waals surface area (Å²) < 4.78 is 4.67. The lowest BCUT2D eigenvalue weighted by Gasteiger charge is -2.14. The molecule has 0 saturated carbocycles. The zero-order chi connectivity index (χ0) is 8.15. The van der Waals surface area contributed by atoms with Crippen LogP contribution in [0.5, 0.6) is 0 Å². The Morgan fingerprint density at radius 2 is 2.20 bits per heavy atom. The highest BCUT2D eigenvalue weighted by Gasteiger charge is 2.17. The van der Waals surface area contributed by atoms with Crippen LogP contribution in [0.15, 0.2) is 0 Å². The monoisotopic (exact) mass is 146 g/mol. The lowest BCUT2D eigenvalue weighted by Crippen LogP contribution is -2.27. The van der Waals surface area contributed by atoms with E-state index in [4.69, 9.17) is 5.11 Å². The molecule has 0 aromatic carbocycles. The molecule has 0 aromatic rings. The van der Waals surface area contributed by atoms with Gasteiger partial charge in [-0.15, -0.1) is 0 Å². The molecule has 0 aliphatic carbocycles. The summed E-state index contributed by atoms with van der Waals surface area (Å²) in [5, 5.41) is 9.14. The first-order valence-corrected chi connectivity index (χ1v) is 3.27. The van der Waals surface area contributed by atoms with Crippen LogP contribution in [0.3, 0.4) is 0 Å². The van der Waals surface area contributed by atoms with E-state index in [0.717, 1.165) is 0 Å². The minimum Gasteiger partial charge on any atom is -0.390 e. The predicted octanol–water partition coefficient (Wildman–Crippen LogP) is 0.219. The molecule has 3 nitrogen and oxygen atoms in total. The van der Waals surface area contributed by atoms with Gasteiger partial charge in [0, 0.05) is 13.0 Å². The Bertz CT molecular complexity index is 111. The second-order valence-electron chi connectivity index (χ2n) is 2.42. The number of hydrogen-bond donors (Lipinski definition) is 1. The van der Waals surface area contributed by atoms with Gasteiger partial charge < -0.3 is 9.84 Å². The van der Waals surface area contributed by atoms with E-state index >= 15 is 0 Å². The number of ether oxygens (including phenoxy) is 1. The van der Waals surface area contributed by atoms with Crippen molar-refractivity contribution in [1.82, 2.24) is 0 Å². The molecule has 0 saturated heterocycles. The number of hydrogen-bond acceptors (Lipinski definition) is 3. The number of carbonyl (C=O) groups is 1. The van der Waals surface area contributed by atoms with Crippen molar-refractivity contribution in [2.24, 2.45) is 5.92 Å². The Morgan fingerprint density at radius 3 is 2.50 bits per heavy atom. The molecule has 0 bridgehead atoms. The standard InChI is InChI=1S/C7H14O3/c1-5(6(2)8)7(9)4-10-3/h5,7,9H,4H2,1-3H3. The van der Waals surface area contributed by atoms with Crippen molar-refractivity contribution in [3.63, 3.8) is 0 Å². The van der Waals surface area contributed by atoms with Crippen LogP contribution in [0.1, 0.15) is 13.8 Å². The van der Waals surface area contributed by atoms with Crippen molar-refractivity contribution in [3.05, 3.63) is 0 Å². The van der Waals surface area contributed by atoms with Crippen molar-refractivity contribution < 1.29 is 14.6 Å². The van der Waals surface area contributed by atoms with Crippen LogP contribution in [-0.2, 0) is 9.53 Å². The summed E-state index contributed by atoms with van der Waals surface area (Å²) in [4.78, 5) is 10.6. The SMILES string of the molecule is COCC(O)C(C)C(C)=O. The van der Waals surface area contributed by atoms with Gasteiger partial charge in [-0.3, -0.25) is 4.79 Å². The van der Waals surface area contributed by atoms with Crippen molar-refractivity contribution >= 4 is 5.78 Å². The van der Waals surface area contributed by atoms with Gasteiger partial charge in [0.15, 0.2) is 0 Å². The fraction of sp³-hybridized carbons (Fsp3) is 0.857. The third kappa shape index (κ3) is 2.94. The quantitative estimate of drug-likeness (QED) is 0.617. The maximum Gasteiger partial charge on any atom is 0.135 e.